The average molecular weight is 552 g/mol. The quantitative estimate of drug-likeness (QED) is 0.307. The Morgan fingerprint density at radius 2 is 2.05 bits per heavy atom. The number of benzene rings is 1. The molecule has 1 saturated heterocycles. The number of rotatable bonds is 7. The van der Waals surface area contributed by atoms with Crippen LogP contribution in [-0.2, 0) is 0 Å². The second-order valence-corrected chi connectivity index (χ2v) is 9.50. The number of aromatic nitrogens is 6. The lowest BCUT2D eigenvalue weighted by Gasteiger charge is -2.36. The van der Waals surface area contributed by atoms with E-state index < -0.39 is 31.5 Å². The van der Waals surface area contributed by atoms with Crippen LogP contribution in [0, 0.1) is 6.92 Å². The first-order chi connectivity index (χ1) is 20.4. The minimum atomic E-state index is -3.22. The van der Waals surface area contributed by atoms with E-state index in [1.807, 2.05) is 6.92 Å². The zero-order chi connectivity index (χ0) is 30.4. The van der Waals surface area contributed by atoms with Gasteiger partial charge in [-0.05, 0) is 37.7 Å². The van der Waals surface area contributed by atoms with Crippen molar-refractivity contribution >= 4 is 28.1 Å². The number of nitrogens with zero attached hydrogens (tertiary/aromatic N) is 7. The predicted octanol–water partition coefficient (Wildman–Crippen LogP) is 4.64. The smallest absolute Gasteiger partial charge is 0.296 e. The van der Waals surface area contributed by atoms with Crippen molar-refractivity contribution in [3.8, 4) is 23.1 Å². The summed E-state index contributed by atoms with van der Waals surface area (Å²) in [6.45, 7) is 1.68. The number of anilines is 2. The predicted molar refractivity (Wildman–Crippen MR) is 143 cm³/mol. The van der Waals surface area contributed by atoms with E-state index in [4.69, 9.17) is 18.3 Å². The second-order valence-electron chi connectivity index (χ2n) is 9.50. The van der Waals surface area contributed by atoms with Gasteiger partial charge in [-0.3, -0.25) is 0 Å². The summed E-state index contributed by atoms with van der Waals surface area (Å²) < 4.78 is 71.3. The molecule has 206 valence electrons. The minimum absolute atomic E-state index is 0.00689. The molecule has 6 rings (SSSR count). The summed E-state index contributed by atoms with van der Waals surface area (Å²) >= 11 is 0. The first kappa shape index (κ1) is 22.2. The Morgan fingerprint density at radius 1 is 1.15 bits per heavy atom. The van der Waals surface area contributed by atoms with Crippen LogP contribution in [0.15, 0.2) is 55.4 Å². The van der Waals surface area contributed by atoms with E-state index in [-0.39, 0.29) is 28.9 Å². The summed E-state index contributed by atoms with van der Waals surface area (Å²) in [5.74, 6) is -2.75. The minimum Gasteiger partial charge on any atom is -0.478 e. The Morgan fingerprint density at radius 3 is 2.88 bits per heavy atom. The molecule has 11 nitrogen and oxygen atoms in total. The molecule has 1 N–H and O–H groups in total. The van der Waals surface area contributed by atoms with Gasteiger partial charge in [0.05, 0.1) is 53.4 Å². The average Bonchev–Trinajstić information content (AvgIpc) is 3.40. The van der Waals surface area contributed by atoms with Crippen LogP contribution >= 0.6 is 0 Å². The molecule has 13 heteroatoms. The number of piperidine rings is 1. The standard InChI is InChI=1S/C27H26F2N8O3/c1-16-10-17(4-5-20(16)39-18-11-30-22-6-8-34-37(22)13-18)35-25-23-19(32-15-33-25)12-31-26(38-3)24(23)40-21-7-9-36(2)14-27(21,28)29/h4-6,8,10-13,15,21H,7,9,14H2,1-3H3,(H,32,33,35)/t21-/m1/s1/i3D3. The normalized spacial score (nSPS) is 18.6. The van der Waals surface area contributed by atoms with Gasteiger partial charge in [-0.1, -0.05) is 0 Å². The third kappa shape index (κ3) is 4.91. The number of fused-ring (bicyclic) bond motifs is 2. The highest BCUT2D eigenvalue weighted by atomic mass is 19.3. The van der Waals surface area contributed by atoms with Gasteiger partial charge in [0.25, 0.3) is 11.8 Å². The fraction of sp³-hybridized carbons (Fsp3) is 0.296. The van der Waals surface area contributed by atoms with Crippen LogP contribution in [0.1, 0.15) is 16.1 Å². The molecule has 5 heterocycles. The summed E-state index contributed by atoms with van der Waals surface area (Å²) in [7, 11) is -1.32. The number of pyridine rings is 1. The molecule has 1 aliphatic rings. The van der Waals surface area contributed by atoms with E-state index in [0.29, 0.717) is 29.4 Å². The Kier molecular flexibility index (Phi) is 5.63. The number of ether oxygens (including phenoxy) is 3. The maximum Gasteiger partial charge on any atom is 0.296 e. The molecule has 1 aromatic carbocycles. The summed E-state index contributed by atoms with van der Waals surface area (Å²) in [6, 6.07) is 7.06. The molecule has 0 unspecified atom stereocenters. The van der Waals surface area contributed by atoms with E-state index in [1.54, 1.807) is 54.4 Å². The fourth-order valence-electron chi connectivity index (χ4n) is 4.61. The number of hydrogen-bond donors (Lipinski definition) is 1. The molecule has 40 heavy (non-hydrogen) atoms. The summed E-state index contributed by atoms with van der Waals surface area (Å²) in [5, 5.41) is 7.47. The van der Waals surface area contributed by atoms with Crippen molar-refractivity contribution < 1.29 is 27.1 Å². The van der Waals surface area contributed by atoms with Crippen molar-refractivity contribution in [1.29, 1.82) is 0 Å². The van der Waals surface area contributed by atoms with E-state index in [1.165, 1.54) is 17.4 Å². The third-order valence-corrected chi connectivity index (χ3v) is 6.57. The van der Waals surface area contributed by atoms with Crippen molar-refractivity contribution in [3.63, 3.8) is 0 Å². The van der Waals surface area contributed by atoms with Gasteiger partial charge in [-0.25, -0.2) is 33.2 Å². The van der Waals surface area contributed by atoms with Crippen LogP contribution < -0.4 is 19.5 Å². The zero-order valence-corrected chi connectivity index (χ0v) is 21.5. The maximum absolute atomic E-state index is 15.0. The van der Waals surface area contributed by atoms with Gasteiger partial charge in [0.15, 0.2) is 23.3 Å². The van der Waals surface area contributed by atoms with Crippen molar-refractivity contribution in [2.24, 2.45) is 0 Å². The van der Waals surface area contributed by atoms with Gasteiger partial charge < -0.3 is 24.4 Å². The molecule has 0 radical (unpaired) electrons. The fourth-order valence-corrected chi connectivity index (χ4v) is 4.61. The van der Waals surface area contributed by atoms with Gasteiger partial charge in [0.1, 0.15) is 17.9 Å². The van der Waals surface area contributed by atoms with Crippen molar-refractivity contribution in [2.45, 2.75) is 25.4 Å². The van der Waals surface area contributed by atoms with Crippen molar-refractivity contribution in [1.82, 2.24) is 34.4 Å². The van der Waals surface area contributed by atoms with E-state index in [9.17, 15) is 0 Å². The van der Waals surface area contributed by atoms with E-state index in [0.717, 1.165) is 5.56 Å². The molecule has 0 aliphatic carbocycles. The highest BCUT2D eigenvalue weighted by molar-refractivity contribution is 5.96. The van der Waals surface area contributed by atoms with E-state index >= 15 is 8.78 Å². The first-order valence-electron chi connectivity index (χ1n) is 13.9. The molecular formula is C27H26F2N8O3. The van der Waals surface area contributed by atoms with Crippen LogP contribution in [0.5, 0.6) is 23.1 Å². The Balaban J connectivity index is 1.34. The molecule has 0 spiro atoms. The summed E-state index contributed by atoms with van der Waals surface area (Å²) in [6.07, 6.45) is 5.92. The highest BCUT2D eigenvalue weighted by Crippen LogP contribution is 2.41. The molecule has 1 aliphatic heterocycles. The number of halogens is 2. The number of alkyl halides is 2. The Labute approximate surface area is 232 Å². The monoisotopic (exact) mass is 551 g/mol. The SMILES string of the molecule is [2H]C([2H])([2H])Oc1ncc2ncnc(Nc3ccc(Oc4cnc5ccnn5c4)c(C)c3)c2c1O[C@@H]1CCN(C)CC1(F)F. The third-order valence-electron chi connectivity index (χ3n) is 6.57. The molecule has 0 saturated carbocycles. The molecule has 1 fully saturated rings. The number of hydrogen-bond acceptors (Lipinski definition) is 10. The lowest BCUT2D eigenvalue weighted by Crippen LogP contribution is -2.52. The van der Waals surface area contributed by atoms with Gasteiger partial charge in [-0.15, -0.1) is 0 Å². The number of likely N-dealkylation sites (tertiary alicyclic amines) is 1. The Bertz CT molecular complexity index is 1800. The van der Waals surface area contributed by atoms with Gasteiger partial charge >= 0.3 is 0 Å². The second kappa shape index (κ2) is 10.2. The topological polar surface area (TPSA) is 112 Å². The number of methoxy groups -OCH3 is 1. The molecule has 1 atom stereocenters. The van der Waals surface area contributed by atoms with Crippen LogP contribution in [-0.4, -0.2) is 73.7 Å². The zero-order valence-electron chi connectivity index (χ0n) is 24.5. The van der Waals surface area contributed by atoms with Gasteiger partial charge in [-0.2, -0.15) is 5.10 Å². The molecule has 0 bridgehead atoms. The maximum atomic E-state index is 15.0. The number of nitrogens with one attached hydrogen (secondary N) is 1. The Hall–Kier alpha value is -4.65. The highest BCUT2D eigenvalue weighted by Gasteiger charge is 2.46. The lowest BCUT2D eigenvalue weighted by atomic mass is 10.0. The lowest BCUT2D eigenvalue weighted by molar-refractivity contribution is -0.135. The molecule has 0 amide bonds. The van der Waals surface area contributed by atoms with Crippen molar-refractivity contribution in [2.75, 3.05) is 32.5 Å². The van der Waals surface area contributed by atoms with E-state index in [2.05, 4.69) is 30.4 Å². The van der Waals surface area contributed by atoms with Crippen molar-refractivity contribution in [3.05, 3.63) is 60.9 Å². The van der Waals surface area contributed by atoms with Gasteiger partial charge in [0.2, 0.25) is 0 Å². The number of aryl methyl sites for hydroxylation is 1. The van der Waals surface area contributed by atoms with Crippen LogP contribution in [0.3, 0.4) is 0 Å². The van der Waals surface area contributed by atoms with Crippen LogP contribution in [0.2, 0.25) is 0 Å². The van der Waals surface area contributed by atoms with Crippen LogP contribution in [0.4, 0.5) is 20.3 Å². The largest absolute Gasteiger partial charge is 0.478 e. The molecular weight excluding hydrogens is 522 g/mol. The first-order valence-corrected chi connectivity index (χ1v) is 12.4. The van der Waals surface area contributed by atoms with Crippen LogP contribution in [0.25, 0.3) is 16.6 Å². The molecule has 5 aromatic rings. The van der Waals surface area contributed by atoms with Gasteiger partial charge in [0, 0.05) is 24.7 Å². The summed E-state index contributed by atoms with van der Waals surface area (Å²) in [4.78, 5) is 18.4. The molecule has 4 aromatic heterocycles. The summed E-state index contributed by atoms with van der Waals surface area (Å²) in [5.41, 5.74) is 2.27.